The van der Waals surface area contributed by atoms with Crippen molar-refractivity contribution in [2.75, 3.05) is 11.5 Å². The quantitative estimate of drug-likeness (QED) is 0.621. The number of hydrogen-bond acceptors (Lipinski definition) is 3. The van der Waals surface area contributed by atoms with Crippen molar-refractivity contribution in [3.8, 4) is 11.1 Å². The fourth-order valence-corrected chi connectivity index (χ4v) is 2.80. The summed E-state index contributed by atoms with van der Waals surface area (Å²) in [5, 5.41) is 0.121. The Bertz CT molecular complexity index is 615. The van der Waals surface area contributed by atoms with Crippen LogP contribution in [0.2, 0.25) is 0 Å². The molecular weight excluding hydrogens is 296 g/mol. The van der Waals surface area contributed by atoms with Crippen molar-refractivity contribution in [1.82, 2.24) is 0 Å². The average Bonchev–Trinajstić information content (AvgIpc) is 2.54. The summed E-state index contributed by atoms with van der Waals surface area (Å²) in [6.07, 6.45) is 1.93. The normalized spacial score (nSPS) is 11.4. The minimum atomic E-state index is 0.121. The van der Waals surface area contributed by atoms with Crippen LogP contribution in [0.25, 0.3) is 17.2 Å². The molecule has 2 aromatic rings. The first kappa shape index (κ1) is 15.9. The average molecular weight is 314 g/mol. The third-order valence-electron chi connectivity index (χ3n) is 3.05. The van der Waals surface area contributed by atoms with E-state index in [4.69, 9.17) is 0 Å². The van der Waals surface area contributed by atoms with Crippen molar-refractivity contribution < 1.29 is 4.79 Å². The van der Waals surface area contributed by atoms with Gasteiger partial charge in [0.1, 0.15) is 0 Å². The minimum absolute atomic E-state index is 0.121. The molecule has 0 spiro atoms. The molecule has 0 N–H and O–H groups in total. The molecule has 0 aromatic heterocycles. The third-order valence-corrected chi connectivity index (χ3v) is 4.57. The number of benzene rings is 2. The summed E-state index contributed by atoms with van der Waals surface area (Å²) in [5.74, 6) is 1.47. The molecule has 0 aliphatic heterocycles. The summed E-state index contributed by atoms with van der Waals surface area (Å²) in [4.78, 5) is 11.9. The molecule has 0 bridgehead atoms. The minimum Gasteiger partial charge on any atom is -0.282 e. The van der Waals surface area contributed by atoms with Gasteiger partial charge in [-0.1, -0.05) is 66.4 Å². The van der Waals surface area contributed by atoms with Gasteiger partial charge in [0.25, 0.3) is 0 Å². The molecular formula is C18H18OS2. The molecule has 21 heavy (non-hydrogen) atoms. The second kappa shape index (κ2) is 8.11. The van der Waals surface area contributed by atoms with Gasteiger partial charge in [0.2, 0.25) is 5.12 Å². The Hall–Kier alpha value is -1.45. The second-order valence-electron chi connectivity index (χ2n) is 4.67. The van der Waals surface area contributed by atoms with Crippen LogP contribution in [0.4, 0.5) is 0 Å². The van der Waals surface area contributed by atoms with Crippen LogP contribution in [0.3, 0.4) is 0 Å². The van der Waals surface area contributed by atoms with E-state index in [0.29, 0.717) is 0 Å². The highest BCUT2D eigenvalue weighted by molar-refractivity contribution is 8.14. The molecule has 0 radical (unpaired) electrons. The van der Waals surface area contributed by atoms with E-state index >= 15 is 0 Å². The summed E-state index contributed by atoms with van der Waals surface area (Å²) in [5.41, 5.74) is 4.20. The van der Waals surface area contributed by atoms with Crippen molar-refractivity contribution in [1.29, 1.82) is 0 Å². The Morgan fingerprint density at radius 3 is 2.29 bits per heavy atom. The summed E-state index contributed by atoms with van der Waals surface area (Å²) < 4.78 is 0. The number of thiol groups is 1. The van der Waals surface area contributed by atoms with Crippen molar-refractivity contribution in [2.24, 2.45) is 0 Å². The monoisotopic (exact) mass is 314 g/mol. The lowest BCUT2D eigenvalue weighted by Crippen LogP contribution is -1.95. The van der Waals surface area contributed by atoms with Gasteiger partial charge in [-0.2, -0.15) is 12.6 Å². The van der Waals surface area contributed by atoms with Crippen molar-refractivity contribution in [3.05, 3.63) is 65.7 Å². The summed E-state index contributed by atoms with van der Waals surface area (Å²) in [6.45, 7) is 1.86. The highest BCUT2D eigenvalue weighted by atomic mass is 32.2. The van der Waals surface area contributed by atoms with E-state index in [-0.39, 0.29) is 5.12 Å². The van der Waals surface area contributed by atoms with Crippen molar-refractivity contribution in [2.45, 2.75) is 6.92 Å². The highest BCUT2D eigenvalue weighted by Crippen LogP contribution is 2.21. The first-order valence-electron chi connectivity index (χ1n) is 6.82. The Morgan fingerprint density at radius 2 is 1.67 bits per heavy atom. The van der Waals surface area contributed by atoms with Gasteiger partial charge in [-0.05, 0) is 35.4 Å². The number of hydrogen-bond donors (Lipinski definition) is 1. The molecule has 3 heteroatoms. The van der Waals surface area contributed by atoms with E-state index in [1.165, 1.54) is 22.9 Å². The van der Waals surface area contributed by atoms with E-state index in [0.717, 1.165) is 22.6 Å². The molecule has 0 aliphatic carbocycles. The van der Waals surface area contributed by atoms with E-state index in [1.54, 1.807) is 0 Å². The molecule has 0 aliphatic rings. The van der Waals surface area contributed by atoms with Gasteiger partial charge in [-0.25, -0.2) is 0 Å². The maximum absolute atomic E-state index is 11.9. The largest absolute Gasteiger partial charge is 0.282 e. The molecule has 108 valence electrons. The van der Waals surface area contributed by atoms with E-state index in [1.807, 2.05) is 43.3 Å². The second-order valence-corrected chi connectivity index (χ2v) is 6.19. The maximum Gasteiger partial charge on any atom is 0.215 e. The van der Waals surface area contributed by atoms with Gasteiger partial charge in [0.05, 0.1) is 0 Å². The van der Waals surface area contributed by atoms with Crippen LogP contribution in [0, 0.1) is 0 Å². The molecule has 0 saturated heterocycles. The lowest BCUT2D eigenvalue weighted by atomic mass is 10.0. The van der Waals surface area contributed by atoms with Crippen LogP contribution in [-0.2, 0) is 4.79 Å². The van der Waals surface area contributed by atoms with Gasteiger partial charge in [-0.3, -0.25) is 4.79 Å². The highest BCUT2D eigenvalue weighted by Gasteiger charge is 2.04. The molecule has 2 aromatic carbocycles. The Labute approximate surface area is 135 Å². The first-order valence-corrected chi connectivity index (χ1v) is 8.44. The van der Waals surface area contributed by atoms with Crippen molar-refractivity contribution in [3.63, 3.8) is 0 Å². The molecule has 0 fully saturated rings. The van der Waals surface area contributed by atoms with E-state index in [9.17, 15) is 4.79 Å². The topological polar surface area (TPSA) is 17.1 Å². The van der Waals surface area contributed by atoms with Crippen LogP contribution >= 0.6 is 24.4 Å². The SMILES string of the molecule is C/C(=C\c1ccc(-c2ccccc2)cc1)C(=O)SCCS. The fourth-order valence-electron chi connectivity index (χ4n) is 1.96. The zero-order valence-electron chi connectivity index (χ0n) is 12.0. The molecule has 0 saturated carbocycles. The standard InChI is InChI=1S/C18H18OS2/c1-14(18(19)21-12-11-20)13-15-7-9-17(10-8-15)16-5-3-2-4-6-16/h2-10,13,20H,11-12H2,1H3/b14-13+. The first-order chi connectivity index (χ1) is 10.2. The maximum atomic E-state index is 11.9. The van der Waals surface area contributed by atoms with Gasteiger partial charge < -0.3 is 0 Å². The molecule has 0 unspecified atom stereocenters. The number of carbonyl (C=O) groups is 1. The van der Waals surface area contributed by atoms with Crippen molar-refractivity contribution >= 4 is 35.6 Å². The smallest absolute Gasteiger partial charge is 0.215 e. The lowest BCUT2D eigenvalue weighted by molar-refractivity contribution is -0.107. The predicted octanol–water partition coefficient (Wildman–Crippen LogP) is 4.95. The summed E-state index contributed by atoms with van der Waals surface area (Å²) in [7, 11) is 0. The number of carbonyl (C=O) groups excluding carboxylic acids is 1. The van der Waals surface area contributed by atoms with Crippen LogP contribution in [0.15, 0.2) is 60.2 Å². The van der Waals surface area contributed by atoms with Gasteiger partial charge in [0.15, 0.2) is 0 Å². The van der Waals surface area contributed by atoms with E-state index < -0.39 is 0 Å². The zero-order chi connectivity index (χ0) is 15.1. The summed E-state index contributed by atoms with van der Waals surface area (Å²) >= 11 is 5.44. The Morgan fingerprint density at radius 1 is 1.05 bits per heavy atom. The Kier molecular flexibility index (Phi) is 6.15. The van der Waals surface area contributed by atoms with Gasteiger partial charge >= 0.3 is 0 Å². The van der Waals surface area contributed by atoms with Gasteiger partial charge in [-0.15, -0.1) is 0 Å². The number of rotatable bonds is 5. The van der Waals surface area contributed by atoms with Crippen LogP contribution in [-0.4, -0.2) is 16.6 Å². The molecule has 0 heterocycles. The lowest BCUT2D eigenvalue weighted by Gasteiger charge is -2.03. The predicted molar refractivity (Wildman–Crippen MR) is 96.8 cm³/mol. The summed E-state index contributed by atoms with van der Waals surface area (Å²) in [6, 6.07) is 18.5. The molecule has 1 nitrogen and oxygen atoms in total. The van der Waals surface area contributed by atoms with Crippen LogP contribution < -0.4 is 0 Å². The molecule has 2 rings (SSSR count). The number of thioether (sulfide) groups is 1. The third kappa shape index (κ3) is 4.80. The van der Waals surface area contributed by atoms with Crippen LogP contribution in [0.5, 0.6) is 0 Å². The van der Waals surface area contributed by atoms with Gasteiger partial charge in [0, 0.05) is 11.3 Å². The van der Waals surface area contributed by atoms with E-state index in [2.05, 4.69) is 36.9 Å². The molecule has 0 atom stereocenters. The molecule has 0 amide bonds. The Balaban J connectivity index is 2.10. The zero-order valence-corrected chi connectivity index (χ0v) is 13.7. The van der Waals surface area contributed by atoms with Crippen LogP contribution in [0.1, 0.15) is 12.5 Å². The fraction of sp³-hybridized carbons (Fsp3) is 0.167.